The van der Waals surface area contributed by atoms with Gasteiger partial charge < -0.3 is 5.11 Å². The molecule has 2 rings (SSSR count). The minimum atomic E-state index is -0.550. The number of aromatic nitrogens is 2. The average Bonchev–Trinajstić information content (AvgIpc) is 2.70. The number of hydrogen-bond acceptors (Lipinski definition) is 4. The molecule has 0 fully saturated rings. The summed E-state index contributed by atoms with van der Waals surface area (Å²) in [6.07, 6.45) is 1.66. The summed E-state index contributed by atoms with van der Waals surface area (Å²) >= 11 is 1.12. The van der Waals surface area contributed by atoms with Crippen LogP contribution in [0.2, 0.25) is 0 Å². The van der Waals surface area contributed by atoms with Crippen LogP contribution in [0.15, 0.2) is 30.5 Å². The first-order chi connectivity index (χ1) is 7.25. The van der Waals surface area contributed by atoms with Crippen LogP contribution in [-0.4, -0.2) is 13.9 Å². The second-order valence-electron chi connectivity index (χ2n) is 3.54. The molecular weight excluding hydrogens is 208 g/mol. The van der Waals surface area contributed by atoms with E-state index in [-0.39, 0.29) is 0 Å². The van der Waals surface area contributed by atoms with Crippen molar-refractivity contribution < 1.29 is 5.11 Å². The van der Waals surface area contributed by atoms with Crippen LogP contribution in [0.5, 0.6) is 0 Å². The molecule has 4 heteroatoms. The Morgan fingerprint density at radius 1 is 1.47 bits per heavy atom. The molecule has 0 saturated carbocycles. The van der Waals surface area contributed by atoms with E-state index in [2.05, 4.69) is 14.8 Å². The molecule has 0 radical (unpaired) electrons. The van der Waals surface area contributed by atoms with Crippen LogP contribution in [0.4, 0.5) is 0 Å². The van der Waals surface area contributed by atoms with Gasteiger partial charge in [-0.3, -0.25) is 0 Å². The van der Waals surface area contributed by atoms with Crippen molar-refractivity contribution in [2.45, 2.75) is 19.4 Å². The molecule has 3 nitrogen and oxygen atoms in total. The lowest BCUT2D eigenvalue weighted by Gasteiger charge is -2.07. The molecule has 0 aliphatic heterocycles. The molecule has 1 unspecified atom stereocenters. The van der Waals surface area contributed by atoms with Crippen LogP contribution in [-0.2, 0) is 6.42 Å². The first-order valence-corrected chi connectivity index (χ1v) is 5.50. The molecule has 2 aromatic rings. The molecule has 1 N–H and O–H groups in total. The lowest BCUT2D eigenvalue weighted by atomic mass is 10.0. The topological polar surface area (TPSA) is 46.0 Å². The average molecular weight is 220 g/mol. The number of aryl methyl sites for hydroxylation is 1. The molecule has 0 aliphatic rings. The lowest BCUT2D eigenvalue weighted by molar-refractivity contribution is 0.174. The van der Waals surface area contributed by atoms with E-state index in [1.54, 1.807) is 6.20 Å². The highest BCUT2D eigenvalue weighted by molar-refractivity contribution is 6.99. The lowest BCUT2D eigenvalue weighted by Crippen LogP contribution is -2.01. The van der Waals surface area contributed by atoms with Gasteiger partial charge in [-0.25, -0.2) is 0 Å². The maximum Gasteiger partial charge on any atom is 0.103 e. The molecule has 15 heavy (non-hydrogen) atoms. The van der Waals surface area contributed by atoms with Gasteiger partial charge in [0.25, 0.3) is 0 Å². The molecule has 0 spiro atoms. The van der Waals surface area contributed by atoms with E-state index in [1.165, 1.54) is 5.56 Å². The number of aliphatic hydroxyl groups is 1. The molecule has 1 atom stereocenters. The van der Waals surface area contributed by atoms with Crippen molar-refractivity contribution in [2.75, 3.05) is 0 Å². The van der Waals surface area contributed by atoms with Crippen LogP contribution < -0.4 is 0 Å². The highest BCUT2D eigenvalue weighted by Crippen LogP contribution is 2.17. The minimum Gasteiger partial charge on any atom is -0.386 e. The van der Waals surface area contributed by atoms with Gasteiger partial charge in [0.1, 0.15) is 11.8 Å². The molecule has 0 aliphatic carbocycles. The zero-order valence-electron chi connectivity index (χ0n) is 8.42. The Morgan fingerprint density at radius 3 is 3.00 bits per heavy atom. The Kier molecular flexibility index (Phi) is 3.08. The molecule has 1 aromatic heterocycles. The van der Waals surface area contributed by atoms with Gasteiger partial charge in [-0.1, -0.05) is 29.8 Å². The quantitative estimate of drug-likeness (QED) is 0.861. The zero-order chi connectivity index (χ0) is 10.7. The first-order valence-electron chi connectivity index (χ1n) is 4.77. The molecular formula is C11H12N2OS. The van der Waals surface area contributed by atoms with Gasteiger partial charge in [-0.15, -0.1) is 0 Å². The Labute approximate surface area is 92.7 Å². The van der Waals surface area contributed by atoms with E-state index in [0.717, 1.165) is 17.3 Å². The third-order valence-corrected chi connectivity index (χ3v) is 2.72. The predicted octanol–water partition coefficient (Wildman–Crippen LogP) is 2.12. The van der Waals surface area contributed by atoms with Crippen molar-refractivity contribution in [2.24, 2.45) is 0 Å². The van der Waals surface area contributed by atoms with E-state index in [0.29, 0.717) is 12.1 Å². The second kappa shape index (κ2) is 4.51. The largest absolute Gasteiger partial charge is 0.386 e. The van der Waals surface area contributed by atoms with Gasteiger partial charge in [0.05, 0.1) is 17.9 Å². The van der Waals surface area contributed by atoms with Crippen molar-refractivity contribution in [3.8, 4) is 0 Å². The summed E-state index contributed by atoms with van der Waals surface area (Å²) in [5.74, 6) is 0. The Morgan fingerprint density at radius 2 is 2.33 bits per heavy atom. The van der Waals surface area contributed by atoms with Crippen molar-refractivity contribution in [1.82, 2.24) is 8.75 Å². The summed E-state index contributed by atoms with van der Waals surface area (Å²) in [6.45, 7) is 2.04. The van der Waals surface area contributed by atoms with E-state index in [1.807, 2.05) is 25.1 Å². The minimum absolute atomic E-state index is 0.550. The van der Waals surface area contributed by atoms with E-state index in [9.17, 15) is 5.11 Å². The Balaban J connectivity index is 2.09. The zero-order valence-corrected chi connectivity index (χ0v) is 9.24. The van der Waals surface area contributed by atoms with Crippen LogP contribution in [0.3, 0.4) is 0 Å². The predicted molar refractivity (Wildman–Crippen MR) is 59.8 cm³/mol. The van der Waals surface area contributed by atoms with Crippen molar-refractivity contribution in [3.05, 3.63) is 47.3 Å². The van der Waals surface area contributed by atoms with Gasteiger partial charge in [0.2, 0.25) is 0 Å². The van der Waals surface area contributed by atoms with Gasteiger partial charge in [0.15, 0.2) is 0 Å². The van der Waals surface area contributed by atoms with Crippen LogP contribution in [0.25, 0.3) is 0 Å². The smallest absolute Gasteiger partial charge is 0.103 e. The van der Waals surface area contributed by atoms with Crippen LogP contribution in [0, 0.1) is 6.92 Å². The third-order valence-electron chi connectivity index (χ3n) is 2.23. The Hall–Kier alpha value is -1.26. The SMILES string of the molecule is Cc1cccc(CC(O)c2cnsn2)c1. The number of benzene rings is 1. The molecule has 0 saturated heterocycles. The number of hydrogen-bond donors (Lipinski definition) is 1. The normalized spacial score (nSPS) is 12.7. The van der Waals surface area contributed by atoms with E-state index < -0.39 is 6.10 Å². The van der Waals surface area contributed by atoms with Crippen LogP contribution in [0.1, 0.15) is 22.9 Å². The molecule has 1 heterocycles. The van der Waals surface area contributed by atoms with Crippen LogP contribution >= 0.6 is 11.7 Å². The van der Waals surface area contributed by atoms with Gasteiger partial charge in [-0.05, 0) is 12.5 Å². The highest BCUT2D eigenvalue weighted by Gasteiger charge is 2.10. The maximum absolute atomic E-state index is 9.86. The number of aliphatic hydroxyl groups excluding tert-OH is 1. The van der Waals surface area contributed by atoms with Gasteiger partial charge in [0, 0.05) is 6.42 Å². The Bertz CT molecular complexity index is 428. The van der Waals surface area contributed by atoms with E-state index >= 15 is 0 Å². The molecule has 0 amide bonds. The standard InChI is InChI=1S/C11H12N2OS/c1-8-3-2-4-9(5-8)6-11(14)10-7-12-15-13-10/h2-5,7,11,14H,6H2,1H3. The summed E-state index contributed by atoms with van der Waals surface area (Å²) in [5.41, 5.74) is 2.98. The summed E-state index contributed by atoms with van der Waals surface area (Å²) in [5, 5.41) is 9.86. The van der Waals surface area contributed by atoms with Crippen molar-refractivity contribution >= 4 is 11.7 Å². The van der Waals surface area contributed by atoms with Gasteiger partial charge >= 0.3 is 0 Å². The maximum atomic E-state index is 9.86. The van der Waals surface area contributed by atoms with Crippen molar-refractivity contribution in [3.63, 3.8) is 0 Å². The third kappa shape index (κ3) is 2.61. The van der Waals surface area contributed by atoms with Crippen molar-refractivity contribution in [1.29, 1.82) is 0 Å². The summed E-state index contributed by atoms with van der Waals surface area (Å²) in [6, 6.07) is 8.12. The second-order valence-corrected chi connectivity index (χ2v) is 4.10. The highest BCUT2D eigenvalue weighted by atomic mass is 32.1. The van der Waals surface area contributed by atoms with Gasteiger partial charge in [-0.2, -0.15) is 8.75 Å². The fourth-order valence-corrected chi connectivity index (χ4v) is 1.95. The molecule has 78 valence electrons. The number of rotatable bonds is 3. The monoisotopic (exact) mass is 220 g/mol. The summed E-state index contributed by atoms with van der Waals surface area (Å²) < 4.78 is 7.89. The van der Waals surface area contributed by atoms with E-state index in [4.69, 9.17) is 0 Å². The summed E-state index contributed by atoms with van der Waals surface area (Å²) in [4.78, 5) is 0. The summed E-state index contributed by atoms with van der Waals surface area (Å²) in [7, 11) is 0. The fraction of sp³-hybridized carbons (Fsp3) is 0.273. The first kappa shape index (κ1) is 10.3. The molecule has 0 bridgehead atoms. The molecule has 1 aromatic carbocycles. The fourth-order valence-electron chi connectivity index (χ4n) is 1.49. The number of nitrogens with zero attached hydrogens (tertiary/aromatic N) is 2.